The molecule has 1 saturated heterocycles. The molecule has 10 nitrogen and oxygen atoms in total. The summed E-state index contributed by atoms with van der Waals surface area (Å²) in [4.78, 5) is 41.9. The highest BCUT2D eigenvalue weighted by atomic mass is 16.6. The van der Waals surface area contributed by atoms with Crippen molar-refractivity contribution in [1.29, 1.82) is 0 Å². The normalized spacial score (nSPS) is 14.9. The van der Waals surface area contributed by atoms with Crippen LogP contribution in [-0.2, 0) is 11.2 Å². The third-order valence-corrected chi connectivity index (χ3v) is 6.08. The minimum atomic E-state index is -0.588. The molecule has 37 heavy (non-hydrogen) atoms. The van der Waals surface area contributed by atoms with Crippen molar-refractivity contribution in [3.8, 4) is 0 Å². The van der Waals surface area contributed by atoms with Crippen LogP contribution in [0.15, 0.2) is 36.4 Å². The Morgan fingerprint density at radius 3 is 2.22 bits per heavy atom. The largest absolute Gasteiger partial charge is 0.444 e. The Hall–Kier alpha value is -3.53. The minimum Gasteiger partial charge on any atom is -0.444 e. The van der Waals surface area contributed by atoms with Crippen LogP contribution >= 0.6 is 0 Å². The number of benzene rings is 1. The van der Waals surface area contributed by atoms with Crippen molar-refractivity contribution in [2.75, 3.05) is 32.8 Å². The van der Waals surface area contributed by atoms with Crippen molar-refractivity contribution in [2.45, 2.75) is 52.7 Å². The van der Waals surface area contributed by atoms with E-state index >= 15 is 0 Å². The van der Waals surface area contributed by atoms with E-state index in [-0.39, 0.29) is 29.8 Å². The van der Waals surface area contributed by atoms with Crippen molar-refractivity contribution in [3.63, 3.8) is 0 Å². The van der Waals surface area contributed by atoms with E-state index in [0.717, 1.165) is 5.56 Å². The topological polar surface area (TPSA) is 125 Å². The van der Waals surface area contributed by atoms with E-state index in [4.69, 9.17) is 4.74 Å². The van der Waals surface area contributed by atoms with Crippen LogP contribution in [-0.4, -0.2) is 87.4 Å². The quantitative estimate of drug-likeness (QED) is 0.585. The molecule has 2 aromatic rings. The van der Waals surface area contributed by atoms with Gasteiger partial charge in [0.25, 0.3) is 11.8 Å². The van der Waals surface area contributed by atoms with E-state index in [2.05, 4.69) is 15.5 Å². The fourth-order valence-corrected chi connectivity index (χ4v) is 3.92. The lowest BCUT2D eigenvalue weighted by molar-refractivity contribution is 0.0140. The first kappa shape index (κ1) is 28.0. The predicted octanol–water partition coefficient (Wildman–Crippen LogP) is 2.51. The summed E-state index contributed by atoms with van der Waals surface area (Å²) < 4.78 is 5.42. The smallest absolute Gasteiger partial charge is 0.410 e. The van der Waals surface area contributed by atoms with Crippen LogP contribution in [0.4, 0.5) is 4.79 Å². The maximum absolute atomic E-state index is 13.3. The Morgan fingerprint density at radius 1 is 1.03 bits per heavy atom. The molecule has 1 aliphatic heterocycles. The third kappa shape index (κ3) is 7.72. The van der Waals surface area contributed by atoms with E-state index in [1.807, 2.05) is 65.0 Å². The number of aliphatic hydroxyl groups excluding tert-OH is 1. The molecular formula is C27H37N5O5. The fraction of sp³-hybridized carbons (Fsp3) is 0.519. The molecule has 2 N–H and O–H groups in total. The summed E-state index contributed by atoms with van der Waals surface area (Å²) in [5.74, 6) is -0.733. The van der Waals surface area contributed by atoms with Crippen molar-refractivity contribution in [3.05, 3.63) is 58.9 Å². The van der Waals surface area contributed by atoms with Crippen molar-refractivity contribution in [1.82, 2.24) is 25.3 Å². The molecule has 0 spiro atoms. The molecule has 10 heteroatoms. The molecule has 3 amide bonds. The molecule has 0 unspecified atom stereocenters. The summed E-state index contributed by atoms with van der Waals surface area (Å²) in [6.45, 7) is 10.4. The summed E-state index contributed by atoms with van der Waals surface area (Å²) in [5.41, 5.74) is 1.19. The van der Waals surface area contributed by atoms with Crippen molar-refractivity contribution in [2.24, 2.45) is 5.92 Å². The Kier molecular flexibility index (Phi) is 9.20. The van der Waals surface area contributed by atoms with Gasteiger partial charge < -0.3 is 25.0 Å². The van der Waals surface area contributed by atoms with Gasteiger partial charge in [-0.2, -0.15) is 0 Å². The van der Waals surface area contributed by atoms with Gasteiger partial charge in [-0.15, -0.1) is 10.2 Å². The number of hydrogen-bond acceptors (Lipinski definition) is 7. The Morgan fingerprint density at radius 2 is 1.65 bits per heavy atom. The zero-order valence-electron chi connectivity index (χ0n) is 22.2. The molecule has 3 rings (SSSR count). The van der Waals surface area contributed by atoms with Gasteiger partial charge in [0, 0.05) is 26.2 Å². The number of piperazine rings is 1. The van der Waals surface area contributed by atoms with E-state index in [0.29, 0.717) is 38.2 Å². The molecule has 200 valence electrons. The summed E-state index contributed by atoms with van der Waals surface area (Å²) in [5, 5.41) is 20.7. The lowest BCUT2D eigenvalue weighted by atomic mass is 10.0. The minimum absolute atomic E-state index is 0.0275. The van der Waals surface area contributed by atoms with E-state index < -0.39 is 23.6 Å². The van der Waals surface area contributed by atoms with E-state index in [9.17, 15) is 19.5 Å². The van der Waals surface area contributed by atoms with Crippen molar-refractivity contribution >= 4 is 17.9 Å². The predicted molar refractivity (Wildman–Crippen MR) is 138 cm³/mol. The second-order valence-electron chi connectivity index (χ2n) is 10.5. The average molecular weight is 512 g/mol. The monoisotopic (exact) mass is 511 g/mol. The Bertz CT molecular complexity index is 1090. The van der Waals surface area contributed by atoms with Gasteiger partial charge in [0.05, 0.1) is 12.6 Å². The van der Waals surface area contributed by atoms with E-state index in [1.54, 1.807) is 15.9 Å². The summed E-state index contributed by atoms with van der Waals surface area (Å²) >= 11 is 0. The fourth-order valence-electron chi connectivity index (χ4n) is 3.92. The number of nitrogens with zero attached hydrogens (tertiary/aromatic N) is 4. The lowest BCUT2D eigenvalue weighted by Crippen LogP contribution is -2.51. The molecule has 1 aliphatic rings. The first-order valence-electron chi connectivity index (χ1n) is 12.6. The molecule has 1 aromatic carbocycles. The number of amides is 3. The molecule has 0 saturated carbocycles. The first-order valence-corrected chi connectivity index (χ1v) is 12.6. The zero-order chi connectivity index (χ0) is 27.2. The average Bonchev–Trinajstić information content (AvgIpc) is 2.86. The number of nitrogens with one attached hydrogen (secondary N) is 1. The van der Waals surface area contributed by atoms with Crippen LogP contribution in [0.2, 0.25) is 0 Å². The number of aromatic nitrogens is 2. The van der Waals surface area contributed by atoms with Crippen LogP contribution in [0.3, 0.4) is 0 Å². The maximum atomic E-state index is 13.3. The van der Waals surface area contributed by atoms with Crippen LogP contribution in [0, 0.1) is 5.92 Å². The SMILES string of the molecule is CC(C)[C@@H](CO)NC(=O)c1nnc(C(=O)N2CCN(C(=O)OC(C)(C)C)CC2)cc1Cc1ccccc1. The molecule has 1 atom stereocenters. The summed E-state index contributed by atoms with van der Waals surface area (Å²) in [7, 11) is 0. The second kappa shape index (κ2) is 12.1. The molecular weight excluding hydrogens is 474 g/mol. The van der Waals surface area contributed by atoms with E-state index in [1.165, 1.54) is 0 Å². The van der Waals surface area contributed by atoms with Gasteiger partial charge in [-0.25, -0.2) is 4.79 Å². The van der Waals surface area contributed by atoms with Gasteiger partial charge >= 0.3 is 6.09 Å². The molecule has 2 heterocycles. The highest BCUT2D eigenvalue weighted by molar-refractivity contribution is 5.96. The zero-order valence-corrected chi connectivity index (χ0v) is 22.2. The number of carbonyl (C=O) groups is 3. The molecule has 0 aliphatic carbocycles. The number of hydrogen-bond donors (Lipinski definition) is 2. The molecule has 0 radical (unpaired) electrons. The van der Waals surface area contributed by atoms with Gasteiger partial charge in [-0.3, -0.25) is 9.59 Å². The highest BCUT2D eigenvalue weighted by Crippen LogP contribution is 2.17. The van der Waals surface area contributed by atoms with Gasteiger partial charge in [-0.1, -0.05) is 44.2 Å². The highest BCUT2D eigenvalue weighted by Gasteiger charge is 2.29. The molecule has 0 bridgehead atoms. The van der Waals surface area contributed by atoms with Crippen molar-refractivity contribution < 1.29 is 24.2 Å². The van der Waals surface area contributed by atoms with Gasteiger partial charge in [0.2, 0.25) is 0 Å². The van der Waals surface area contributed by atoms with Gasteiger partial charge in [0.1, 0.15) is 5.60 Å². The second-order valence-corrected chi connectivity index (χ2v) is 10.5. The van der Waals surface area contributed by atoms with Crippen LogP contribution < -0.4 is 5.32 Å². The van der Waals surface area contributed by atoms with Gasteiger partial charge in [-0.05, 0) is 50.3 Å². The van der Waals surface area contributed by atoms with Crippen LogP contribution in [0.5, 0.6) is 0 Å². The van der Waals surface area contributed by atoms with Gasteiger partial charge in [0.15, 0.2) is 11.4 Å². The Balaban J connectivity index is 1.78. The lowest BCUT2D eigenvalue weighted by Gasteiger charge is -2.35. The summed E-state index contributed by atoms with van der Waals surface area (Å²) in [6.07, 6.45) is -0.0143. The standard InChI is InChI=1S/C27H37N5O5/c1-18(2)22(17-33)28-24(34)23-20(15-19-9-7-6-8-10-19)16-21(29-30-23)25(35)31-11-13-32(14-12-31)26(36)37-27(3,4)5/h6-10,16,18,22,33H,11-15,17H2,1-5H3,(H,28,34)/t22-/m1/s1. The number of rotatable bonds is 7. The molecule has 1 aromatic heterocycles. The molecule has 1 fully saturated rings. The first-order chi connectivity index (χ1) is 17.5. The maximum Gasteiger partial charge on any atom is 0.410 e. The van der Waals surface area contributed by atoms with Crippen LogP contribution in [0.1, 0.15) is 66.7 Å². The summed E-state index contributed by atoms with van der Waals surface area (Å²) in [6, 6.07) is 10.8. The number of ether oxygens (including phenoxy) is 1. The third-order valence-electron chi connectivity index (χ3n) is 6.08. The number of carbonyl (C=O) groups excluding carboxylic acids is 3. The number of aliphatic hydroxyl groups is 1. The Labute approximate surface area is 218 Å². The van der Waals surface area contributed by atoms with Crippen LogP contribution in [0.25, 0.3) is 0 Å².